The Kier molecular flexibility index (Phi) is 5.62. The maximum atomic E-state index is 12.4. The van der Waals surface area contributed by atoms with Gasteiger partial charge in [-0.1, -0.05) is 20.8 Å². The molecule has 5 heteroatoms. The van der Waals surface area contributed by atoms with Crippen molar-refractivity contribution in [2.75, 3.05) is 26.0 Å². The molecular weight excluding hydrogens is 250 g/mol. The SMILES string of the molecule is CCNC1C(S(=O)(=O)CCCOC)CCC1(C)C. The van der Waals surface area contributed by atoms with Crippen LogP contribution in [0.15, 0.2) is 0 Å². The zero-order valence-corrected chi connectivity index (χ0v) is 12.8. The third-order valence-corrected chi connectivity index (χ3v) is 6.24. The highest BCUT2D eigenvalue weighted by Gasteiger charge is 2.46. The molecule has 0 heterocycles. The number of nitrogens with one attached hydrogen (secondary N) is 1. The molecule has 1 saturated carbocycles. The molecule has 1 aliphatic rings. The third kappa shape index (κ3) is 3.68. The average molecular weight is 277 g/mol. The van der Waals surface area contributed by atoms with Crippen LogP contribution in [0.3, 0.4) is 0 Å². The Morgan fingerprint density at radius 1 is 1.39 bits per heavy atom. The number of rotatable bonds is 7. The Labute approximate surface area is 111 Å². The first-order chi connectivity index (χ1) is 8.35. The maximum Gasteiger partial charge on any atom is 0.154 e. The summed E-state index contributed by atoms with van der Waals surface area (Å²) in [7, 11) is -1.41. The van der Waals surface area contributed by atoms with E-state index in [-0.39, 0.29) is 22.5 Å². The molecule has 0 aromatic rings. The van der Waals surface area contributed by atoms with E-state index in [1.54, 1.807) is 7.11 Å². The number of hydrogen-bond acceptors (Lipinski definition) is 4. The molecule has 108 valence electrons. The summed E-state index contributed by atoms with van der Waals surface area (Å²) in [6.45, 7) is 7.68. The summed E-state index contributed by atoms with van der Waals surface area (Å²) in [6.07, 6.45) is 2.34. The molecular formula is C13H27NO3S. The molecule has 0 amide bonds. The van der Waals surface area contributed by atoms with E-state index in [9.17, 15) is 8.42 Å². The van der Waals surface area contributed by atoms with Gasteiger partial charge in [-0.05, 0) is 31.2 Å². The van der Waals surface area contributed by atoms with Gasteiger partial charge < -0.3 is 10.1 Å². The Bertz CT molecular complexity index is 351. The molecule has 0 bridgehead atoms. The first kappa shape index (κ1) is 15.9. The first-order valence-corrected chi connectivity index (χ1v) is 8.50. The van der Waals surface area contributed by atoms with E-state index in [0.717, 1.165) is 19.4 Å². The van der Waals surface area contributed by atoms with Gasteiger partial charge in [-0.25, -0.2) is 8.42 Å². The van der Waals surface area contributed by atoms with Crippen LogP contribution in [0.4, 0.5) is 0 Å². The van der Waals surface area contributed by atoms with Gasteiger partial charge in [-0.3, -0.25) is 0 Å². The van der Waals surface area contributed by atoms with Crippen molar-refractivity contribution >= 4 is 9.84 Å². The zero-order chi connectivity index (χ0) is 13.8. The van der Waals surface area contributed by atoms with E-state index in [0.29, 0.717) is 13.0 Å². The molecule has 2 atom stereocenters. The molecule has 1 rings (SSSR count). The number of ether oxygens (including phenoxy) is 1. The van der Waals surface area contributed by atoms with E-state index in [4.69, 9.17) is 4.74 Å². The second-order valence-corrected chi connectivity index (χ2v) is 8.15. The highest BCUT2D eigenvalue weighted by atomic mass is 32.2. The summed E-state index contributed by atoms with van der Waals surface area (Å²) in [5, 5.41) is 3.14. The van der Waals surface area contributed by atoms with Crippen LogP contribution in [0, 0.1) is 5.41 Å². The normalized spacial score (nSPS) is 27.6. The second-order valence-electron chi connectivity index (χ2n) is 5.81. The minimum atomic E-state index is -3.02. The van der Waals surface area contributed by atoms with Crippen molar-refractivity contribution < 1.29 is 13.2 Å². The van der Waals surface area contributed by atoms with Gasteiger partial charge in [-0.2, -0.15) is 0 Å². The highest BCUT2D eigenvalue weighted by Crippen LogP contribution is 2.40. The smallest absolute Gasteiger partial charge is 0.154 e. The number of hydrogen-bond donors (Lipinski definition) is 1. The Morgan fingerprint density at radius 3 is 2.61 bits per heavy atom. The Hall–Kier alpha value is -0.130. The largest absolute Gasteiger partial charge is 0.385 e. The predicted molar refractivity (Wildman–Crippen MR) is 74.5 cm³/mol. The van der Waals surface area contributed by atoms with Crippen molar-refractivity contribution in [1.29, 1.82) is 0 Å². The van der Waals surface area contributed by atoms with Crippen LogP contribution in [-0.2, 0) is 14.6 Å². The van der Waals surface area contributed by atoms with E-state index < -0.39 is 9.84 Å². The molecule has 2 unspecified atom stereocenters. The van der Waals surface area contributed by atoms with Crippen molar-refractivity contribution in [2.24, 2.45) is 5.41 Å². The van der Waals surface area contributed by atoms with Crippen LogP contribution in [0.1, 0.15) is 40.0 Å². The van der Waals surface area contributed by atoms with E-state index in [1.165, 1.54) is 0 Å². The lowest BCUT2D eigenvalue weighted by Crippen LogP contribution is -2.48. The minimum absolute atomic E-state index is 0.0645. The summed E-state index contributed by atoms with van der Waals surface area (Å²) in [5.74, 6) is 0.240. The molecule has 0 radical (unpaired) electrons. The second kappa shape index (κ2) is 6.35. The van der Waals surface area contributed by atoms with Crippen molar-refractivity contribution in [3.63, 3.8) is 0 Å². The fraction of sp³-hybridized carbons (Fsp3) is 1.00. The molecule has 0 spiro atoms. The molecule has 0 aromatic heterocycles. The lowest BCUT2D eigenvalue weighted by atomic mass is 9.87. The molecule has 18 heavy (non-hydrogen) atoms. The summed E-state index contributed by atoms with van der Waals surface area (Å²) in [4.78, 5) is 0. The van der Waals surface area contributed by atoms with E-state index in [1.807, 2.05) is 6.92 Å². The Balaban J connectivity index is 2.74. The van der Waals surface area contributed by atoms with Crippen LogP contribution < -0.4 is 5.32 Å². The topological polar surface area (TPSA) is 55.4 Å². The fourth-order valence-electron chi connectivity index (χ4n) is 2.91. The first-order valence-electron chi connectivity index (χ1n) is 6.79. The van der Waals surface area contributed by atoms with Gasteiger partial charge in [0.25, 0.3) is 0 Å². The van der Waals surface area contributed by atoms with Gasteiger partial charge in [0.2, 0.25) is 0 Å². The van der Waals surface area contributed by atoms with Crippen LogP contribution in [0.2, 0.25) is 0 Å². The lowest BCUT2D eigenvalue weighted by Gasteiger charge is -2.31. The van der Waals surface area contributed by atoms with Gasteiger partial charge in [0, 0.05) is 19.8 Å². The molecule has 0 saturated heterocycles. The third-order valence-electron chi connectivity index (χ3n) is 3.95. The van der Waals surface area contributed by atoms with E-state index in [2.05, 4.69) is 19.2 Å². The van der Waals surface area contributed by atoms with Crippen LogP contribution >= 0.6 is 0 Å². The van der Waals surface area contributed by atoms with Crippen molar-refractivity contribution in [1.82, 2.24) is 5.32 Å². The molecule has 0 aliphatic heterocycles. The minimum Gasteiger partial charge on any atom is -0.385 e. The van der Waals surface area contributed by atoms with Gasteiger partial charge in [0.05, 0.1) is 11.0 Å². The van der Waals surface area contributed by atoms with Gasteiger partial charge in [0.1, 0.15) is 0 Å². The summed E-state index contributed by atoms with van der Waals surface area (Å²) in [6, 6.07) is 0.0787. The Morgan fingerprint density at radius 2 is 2.06 bits per heavy atom. The van der Waals surface area contributed by atoms with Crippen molar-refractivity contribution in [2.45, 2.75) is 51.3 Å². The van der Waals surface area contributed by atoms with Crippen LogP contribution in [-0.4, -0.2) is 45.7 Å². The van der Waals surface area contributed by atoms with E-state index >= 15 is 0 Å². The number of methoxy groups -OCH3 is 1. The lowest BCUT2D eigenvalue weighted by molar-refractivity contribution is 0.199. The number of sulfone groups is 1. The molecule has 0 aromatic carbocycles. The zero-order valence-electron chi connectivity index (χ0n) is 12.0. The molecule has 1 fully saturated rings. The monoisotopic (exact) mass is 277 g/mol. The van der Waals surface area contributed by atoms with Crippen molar-refractivity contribution in [3.8, 4) is 0 Å². The predicted octanol–water partition coefficient (Wildman–Crippen LogP) is 1.60. The standard InChI is InChI=1S/C13H27NO3S/c1-5-14-12-11(7-8-13(12,2)3)18(15,16)10-6-9-17-4/h11-12,14H,5-10H2,1-4H3. The van der Waals surface area contributed by atoms with Gasteiger partial charge in [0.15, 0.2) is 9.84 Å². The van der Waals surface area contributed by atoms with Gasteiger partial charge in [-0.15, -0.1) is 0 Å². The molecule has 4 nitrogen and oxygen atoms in total. The summed E-state index contributed by atoms with van der Waals surface area (Å²) >= 11 is 0. The molecule has 1 aliphatic carbocycles. The van der Waals surface area contributed by atoms with Crippen LogP contribution in [0.25, 0.3) is 0 Å². The average Bonchev–Trinajstić information content (AvgIpc) is 2.56. The van der Waals surface area contributed by atoms with Gasteiger partial charge >= 0.3 is 0 Å². The fourth-order valence-corrected chi connectivity index (χ4v) is 5.09. The maximum absolute atomic E-state index is 12.4. The van der Waals surface area contributed by atoms with Crippen LogP contribution in [0.5, 0.6) is 0 Å². The van der Waals surface area contributed by atoms with Crippen molar-refractivity contribution in [3.05, 3.63) is 0 Å². The summed E-state index contributed by atoms with van der Waals surface area (Å²) in [5.41, 5.74) is 0.0645. The quantitative estimate of drug-likeness (QED) is 0.718. The highest BCUT2D eigenvalue weighted by molar-refractivity contribution is 7.92. The summed E-state index contributed by atoms with van der Waals surface area (Å²) < 4.78 is 29.7. The molecule has 1 N–H and O–H groups in total.